The Morgan fingerprint density at radius 3 is 2.28 bits per heavy atom. The van der Waals surface area contributed by atoms with Crippen molar-refractivity contribution in [1.82, 2.24) is 9.97 Å². The second-order valence-corrected chi connectivity index (χ2v) is 7.36. The molecule has 0 bridgehead atoms. The molecule has 0 unspecified atom stereocenters. The van der Waals surface area contributed by atoms with Crippen LogP contribution in [0.5, 0.6) is 5.75 Å². The molecule has 5 aromatic rings. The van der Waals surface area contributed by atoms with Crippen molar-refractivity contribution in [3.8, 4) is 28.3 Å². The van der Waals surface area contributed by atoms with Crippen LogP contribution in [0.15, 0.2) is 97.3 Å². The second kappa shape index (κ2) is 8.86. The van der Waals surface area contributed by atoms with Gasteiger partial charge in [-0.1, -0.05) is 60.7 Å². The Morgan fingerprint density at radius 2 is 1.50 bits per heavy atom. The van der Waals surface area contributed by atoms with Crippen molar-refractivity contribution in [2.75, 3.05) is 6.61 Å². The fourth-order valence-corrected chi connectivity index (χ4v) is 3.60. The molecule has 155 valence electrons. The van der Waals surface area contributed by atoms with E-state index in [9.17, 15) is 5.21 Å². The number of benzene rings is 3. The first-order valence-electron chi connectivity index (χ1n) is 10.4. The topological polar surface area (TPSA) is 62.0 Å². The summed E-state index contributed by atoms with van der Waals surface area (Å²) in [6, 6.07) is 30.3. The quantitative estimate of drug-likeness (QED) is 0.287. The van der Waals surface area contributed by atoms with Gasteiger partial charge in [-0.25, -0.2) is 9.97 Å². The van der Waals surface area contributed by atoms with Crippen molar-refractivity contribution in [2.24, 2.45) is 0 Å². The number of rotatable bonds is 6. The van der Waals surface area contributed by atoms with Crippen molar-refractivity contribution in [2.45, 2.75) is 6.42 Å². The van der Waals surface area contributed by atoms with Crippen LogP contribution >= 0.6 is 0 Å². The van der Waals surface area contributed by atoms with E-state index in [-0.39, 0.29) is 0 Å². The summed E-state index contributed by atoms with van der Waals surface area (Å²) >= 11 is 0. The molecule has 3 aromatic carbocycles. The van der Waals surface area contributed by atoms with E-state index in [1.54, 1.807) is 12.1 Å². The maximum Gasteiger partial charge on any atom is 0.180 e. The molecule has 0 aliphatic rings. The van der Waals surface area contributed by atoms with E-state index in [1.165, 1.54) is 12.4 Å². The molecule has 2 heterocycles. The smallest absolute Gasteiger partial charge is 0.180 e. The summed E-state index contributed by atoms with van der Waals surface area (Å²) in [5.74, 6) is 0.690. The summed E-state index contributed by atoms with van der Waals surface area (Å²) in [7, 11) is 0. The normalized spacial score (nSPS) is 10.9. The predicted molar refractivity (Wildman–Crippen MR) is 124 cm³/mol. The number of nitrogens with zero attached hydrogens (tertiary/aromatic N) is 3. The van der Waals surface area contributed by atoms with Crippen LogP contribution in [0.3, 0.4) is 0 Å². The SMILES string of the molecule is [O-][n+]1ccc(CCOc2cccc3nc(-c4cc[c]cc4)c(-c4ccccc4)nc23)cc1. The maximum absolute atomic E-state index is 11.2. The standard InChI is InChI=1S/C27H20N3O2/c31-30-17-14-20(15-18-30)16-19-32-24-13-7-12-23-27(24)29-26(22-10-5-2-6-11-22)25(28-23)21-8-3-1-4-9-21/h2-15,17-18H,16,19H2. The van der Waals surface area contributed by atoms with Gasteiger partial charge in [0.1, 0.15) is 11.3 Å². The molecule has 0 atom stereocenters. The molecule has 5 heteroatoms. The van der Waals surface area contributed by atoms with Gasteiger partial charge in [0.05, 0.1) is 23.5 Å². The molecule has 1 radical (unpaired) electrons. The van der Waals surface area contributed by atoms with Crippen LogP contribution in [0.1, 0.15) is 5.56 Å². The van der Waals surface area contributed by atoms with Gasteiger partial charge in [0, 0.05) is 29.7 Å². The number of aromatic nitrogens is 3. The fourth-order valence-electron chi connectivity index (χ4n) is 3.60. The van der Waals surface area contributed by atoms with Crippen LogP contribution in [0.4, 0.5) is 0 Å². The molecule has 5 nitrogen and oxygen atoms in total. The third-order valence-corrected chi connectivity index (χ3v) is 5.22. The molecule has 32 heavy (non-hydrogen) atoms. The third kappa shape index (κ3) is 4.14. The first-order chi connectivity index (χ1) is 15.8. The fraction of sp³-hybridized carbons (Fsp3) is 0.0741. The van der Waals surface area contributed by atoms with Gasteiger partial charge in [0.25, 0.3) is 0 Å². The Hall–Kier alpha value is -4.25. The molecule has 0 amide bonds. The number of ether oxygens (including phenoxy) is 1. The number of para-hydroxylation sites is 1. The van der Waals surface area contributed by atoms with Crippen molar-refractivity contribution in [1.29, 1.82) is 0 Å². The minimum absolute atomic E-state index is 0.473. The van der Waals surface area contributed by atoms with Gasteiger partial charge in [-0.15, -0.1) is 0 Å². The summed E-state index contributed by atoms with van der Waals surface area (Å²) < 4.78 is 6.87. The second-order valence-electron chi connectivity index (χ2n) is 7.36. The van der Waals surface area contributed by atoms with Gasteiger partial charge < -0.3 is 9.94 Å². The van der Waals surface area contributed by atoms with E-state index in [4.69, 9.17) is 14.7 Å². The highest BCUT2D eigenvalue weighted by molar-refractivity contribution is 5.89. The van der Waals surface area contributed by atoms with Crippen LogP contribution in [0, 0.1) is 11.3 Å². The first kappa shape index (κ1) is 19.7. The zero-order chi connectivity index (χ0) is 21.8. The van der Waals surface area contributed by atoms with Crippen LogP contribution in [0.2, 0.25) is 0 Å². The van der Waals surface area contributed by atoms with Gasteiger partial charge in [-0.3, -0.25) is 0 Å². The molecule has 0 saturated heterocycles. The van der Waals surface area contributed by atoms with Gasteiger partial charge >= 0.3 is 0 Å². The van der Waals surface area contributed by atoms with Crippen LogP contribution in [-0.2, 0) is 6.42 Å². The highest BCUT2D eigenvalue weighted by Crippen LogP contribution is 2.33. The Morgan fingerprint density at radius 1 is 0.781 bits per heavy atom. The highest BCUT2D eigenvalue weighted by atomic mass is 16.5. The Kier molecular flexibility index (Phi) is 5.45. The van der Waals surface area contributed by atoms with E-state index in [0.717, 1.165) is 43.8 Å². The minimum atomic E-state index is 0.473. The lowest BCUT2D eigenvalue weighted by atomic mass is 10.0. The van der Waals surface area contributed by atoms with Crippen LogP contribution in [-0.4, -0.2) is 16.6 Å². The highest BCUT2D eigenvalue weighted by Gasteiger charge is 2.15. The molecular weight excluding hydrogens is 398 g/mol. The Balaban J connectivity index is 1.53. The van der Waals surface area contributed by atoms with E-state index >= 15 is 0 Å². The molecule has 2 aromatic heterocycles. The lowest BCUT2D eigenvalue weighted by Crippen LogP contribution is -2.23. The molecule has 5 rings (SSSR count). The summed E-state index contributed by atoms with van der Waals surface area (Å²) in [4.78, 5) is 9.98. The molecule has 0 fully saturated rings. The third-order valence-electron chi connectivity index (χ3n) is 5.22. The molecule has 0 spiro atoms. The molecular formula is C27H20N3O2. The number of fused-ring (bicyclic) bond motifs is 1. The maximum atomic E-state index is 11.2. The summed E-state index contributed by atoms with van der Waals surface area (Å²) in [6.45, 7) is 0.473. The van der Waals surface area contributed by atoms with Crippen LogP contribution < -0.4 is 9.47 Å². The Labute approximate surface area is 186 Å². The molecule has 0 N–H and O–H groups in total. The monoisotopic (exact) mass is 418 g/mol. The summed E-state index contributed by atoms with van der Waals surface area (Å²) in [6.07, 6.45) is 3.68. The average Bonchev–Trinajstić information content (AvgIpc) is 2.86. The Bertz CT molecular complexity index is 1340. The molecule has 0 saturated carbocycles. The summed E-state index contributed by atoms with van der Waals surface area (Å²) in [5, 5.41) is 11.2. The number of hydrogen-bond acceptors (Lipinski definition) is 4. The largest absolute Gasteiger partial charge is 0.619 e. The van der Waals surface area contributed by atoms with Gasteiger partial charge in [-0.05, 0) is 23.8 Å². The zero-order valence-electron chi connectivity index (χ0n) is 17.3. The van der Waals surface area contributed by atoms with Crippen molar-refractivity contribution in [3.05, 3.63) is 114 Å². The van der Waals surface area contributed by atoms with Crippen molar-refractivity contribution < 1.29 is 9.47 Å². The van der Waals surface area contributed by atoms with Gasteiger partial charge in [-0.2, -0.15) is 4.73 Å². The number of pyridine rings is 1. The van der Waals surface area contributed by atoms with E-state index in [1.807, 2.05) is 72.8 Å². The van der Waals surface area contributed by atoms with Gasteiger partial charge in [0.2, 0.25) is 0 Å². The van der Waals surface area contributed by atoms with Crippen molar-refractivity contribution >= 4 is 11.0 Å². The van der Waals surface area contributed by atoms with Gasteiger partial charge in [0.15, 0.2) is 12.4 Å². The molecule has 0 aliphatic carbocycles. The first-order valence-corrected chi connectivity index (χ1v) is 10.4. The van der Waals surface area contributed by atoms with E-state index in [0.29, 0.717) is 18.8 Å². The van der Waals surface area contributed by atoms with Crippen LogP contribution in [0.25, 0.3) is 33.5 Å². The van der Waals surface area contributed by atoms with Crippen molar-refractivity contribution in [3.63, 3.8) is 0 Å². The lowest BCUT2D eigenvalue weighted by Gasteiger charge is -2.13. The molecule has 0 aliphatic heterocycles. The lowest BCUT2D eigenvalue weighted by molar-refractivity contribution is -0.605. The average molecular weight is 418 g/mol. The van der Waals surface area contributed by atoms with E-state index in [2.05, 4.69) is 6.07 Å². The summed E-state index contributed by atoms with van der Waals surface area (Å²) in [5.41, 5.74) is 6.16. The number of hydrogen-bond donors (Lipinski definition) is 0. The predicted octanol–water partition coefficient (Wildman–Crippen LogP) is 5.02. The minimum Gasteiger partial charge on any atom is -0.619 e. The zero-order valence-corrected chi connectivity index (χ0v) is 17.3. The van der Waals surface area contributed by atoms with E-state index < -0.39 is 0 Å².